The van der Waals surface area contributed by atoms with Crippen LogP contribution in [-0.4, -0.2) is 65.7 Å². The van der Waals surface area contributed by atoms with Crippen LogP contribution in [0, 0.1) is 10.1 Å². The number of aliphatic imine (C=N–C) groups is 1. The summed E-state index contributed by atoms with van der Waals surface area (Å²) in [5, 5.41) is 16.2. The minimum Gasteiger partial charge on any atom is -0.370 e. The maximum Gasteiger partial charge on any atom is 0.269 e. The molecule has 0 aliphatic heterocycles. The monoisotopic (exact) mass is 449 g/mol. The molecule has 12 heteroatoms. The van der Waals surface area contributed by atoms with Gasteiger partial charge in [-0.2, -0.15) is 0 Å². The van der Waals surface area contributed by atoms with Gasteiger partial charge in [-0.1, -0.05) is 12.1 Å². The van der Waals surface area contributed by atoms with E-state index in [0.717, 1.165) is 0 Å². The molecule has 12 nitrogen and oxygen atoms in total. The van der Waals surface area contributed by atoms with E-state index < -0.39 is 22.9 Å². The summed E-state index contributed by atoms with van der Waals surface area (Å²) >= 11 is 0. The molecule has 32 heavy (non-hydrogen) atoms. The lowest BCUT2D eigenvalue weighted by molar-refractivity contribution is -0.384. The number of hydrogen-bond acceptors (Lipinski definition) is 6. The van der Waals surface area contributed by atoms with E-state index >= 15 is 0 Å². The topological polar surface area (TPSA) is 186 Å². The highest BCUT2D eigenvalue weighted by Gasteiger charge is 2.31. The number of non-ortho nitro benzene ring substituents is 1. The van der Waals surface area contributed by atoms with Crippen molar-refractivity contribution in [2.45, 2.75) is 45.2 Å². The van der Waals surface area contributed by atoms with E-state index in [4.69, 9.17) is 11.5 Å². The van der Waals surface area contributed by atoms with E-state index in [-0.39, 0.29) is 42.8 Å². The predicted molar refractivity (Wildman–Crippen MR) is 120 cm³/mol. The van der Waals surface area contributed by atoms with Gasteiger partial charge >= 0.3 is 0 Å². The van der Waals surface area contributed by atoms with Gasteiger partial charge < -0.3 is 27.0 Å². The molecular formula is C20H31N7O5. The first kappa shape index (κ1) is 26.3. The second-order valence-electron chi connectivity index (χ2n) is 7.19. The number of nitro groups is 1. The van der Waals surface area contributed by atoms with Gasteiger partial charge in [0.2, 0.25) is 17.7 Å². The number of nitrogens with one attached hydrogen (secondary N) is 2. The van der Waals surface area contributed by atoms with Gasteiger partial charge in [-0.3, -0.25) is 29.5 Å². The lowest BCUT2D eigenvalue weighted by atomic mass is 10.0. The first-order valence-corrected chi connectivity index (χ1v) is 10.2. The quantitative estimate of drug-likeness (QED) is 0.110. The van der Waals surface area contributed by atoms with Crippen molar-refractivity contribution in [1.29, 1.82) is 0 Å². The Morgan fingerprint density at radius 3 is 2.34 bits per heavy atom. The van der Waals surface area contributed by atoms with E-state index in [0.29, 0.717) is 18.5 Å². The van der Waals surface area contributed by atoms with Crippen LogP contribution in [0.4, 0.5) is 5.69 Å². The van der Waals surface area contributed by atoms with E-state index in [1.54, 1.807) is 19.1 Å². The van der Waals surface area contributed by atoms with Crippen molar-refractivity contribution in [2.75, 3.05) is 20.1 Å². The molecule has 0 heterocycles. The number of likely N-dealkylation sites (N-methyl/N-ethyl adjacent to an activating group) is 2. The maximum atomic E-state index is 13.1. The van der Waals surface area contributed by atoms with Gasteiger partial charge in [0.25, 0.3) is 5.69 Å². The lowest BCUT2D eigenvalue weighted by Crippen LogP contribution is -2.55. The van der Waals surface area contributed by atoms with Crippen LogP contribution in [0.15, 0.2) is 29.3 Å². The summed E-state index contributed by atoms with van der Waals surface area (Å²) in [6.07, 6.45) is 0.864. The fraction of sp³-hybridized carbons (Fsp3) is 0.500. The molecule has 0 saturated carbocycles. The van der Waals surface area contributed by atoms with Crippen LogP contribution in [0.5, 0.6) is 0 Å². The average Bonchev–Trinajstić information content (AvgIpc) is 2.73. The number of nitrogens with zero attached hydrogens (tertiary/aromatic N) is 3. The molecule has 0 unspecified atom stereocenters. The molecule has 2 atom stereocenters. The lowest BCUT2D eigenvalue weighted by Gasteiger charge is -2.31. The zero-order valence-corrected chi connectivity index (χ0v) is 18.5. The molecule has 0 spiro atoms. The molecular weight excluding hydrogens is 418 g/mol. The van der Waals surface area contributed by atoms with Gasteiger partial charge in [-0.15, -0.1) is 0 Å². The molecule has 0 aromatic heterocycles. The van der Waals surface area contributed by atoms with Crippen molar-refractivity contribution >= 4 is 29.4 Å². The van der Waals surface area contributed by atoms with Crippen molar-refractivity contribution in [3.05, 3.63) is 39.9 Å². The van der Waals surface area contributed by atoms with Gasteiger partial charge in [0.1, 0.15) is 12.1 Å². The Bertz CT molecular complexity index is 837. The summed E-state index contributed by atoms with van der Waals surface area (Å²) in [7, 11) is 1.48. The van der Waals surface area contributed by atoms with Crippen LogP contribution in [0.2, 0.25) is 0 Å². The molecule has 1 rings (SSSR count). The molecule has 0 fully saturated rings. The number of nitrogens with two attached hydrogens (primary N) is 2. The fourth-order valence-corrected chi connectivity index (χ4v) is 3.08. The second kappa shape index (κ2) is 12.9. The molecule has 0 saturated heterocycles. The van der Waals surface area contributed by atoms with Gasteiger partial charge in [0.05, 0.1) is 4.92 Å². The van der Waals surface area contributed by atoms with E-state index in [2.05, 4.69) is 15.6 Å². The molecule has 6 N–H and O–H groups in total. The fourth-order valence-electron chi connectivity index (χ4n) is 3.08. The molecule has 176 valence electrons. The van der Waals surface area contributed by atoms with Crippen LogP contribution < -0.4 is 22.1 Å². The second-order valence-corrected chi connectivity index (χ2v) is 7.19. The number of carbonyl (C=O) groups is 3. The number of guanidine groups is 1. The minimum atomic E-state index is -0.877. The maximum absolute atomic E-state index is 13.1. The summed E-state index contributed by atoms with van der Waals surface area (Å²) in [5.74, 6) is -1.26. The molecule has 1 aromatic rings. The number of benzene rings is 1. The van der Waals surface area contributed by atoms with Crippen molar-refractivity contribution in [2.24, 2.45) is 16.5 Å². The van der Waals surface area contributed by atoms with Crippen LogP contribution in [0.25, 0.3) is 0 Å². The Kier molecular flexibility index (Phi) is 10.6. The summed E-state index contributed by atoms with van der Waals surface area (Å²) in [5.41, 5.74) is 11.2. The summed E-state index contributed by atoms with van der Waals surface area (Å²) in [6, 6.07) is 4.04. The van der Waals surface area contributed by atoms with Crippen LogP contribution >= 0.6 is 0 Å². The normalized spacial score (nSPS) is 12.2. The number of hydrogen-bond donors (Lipinski definition) is 4. The summed E-state index contributed by atoms with van der Waals surface area (Å²) in [6.45, 7) is 3.71. The van der Waals surface area contributed by atoms with Crippen LogP contribution in [0.3, 0.4) is 0 Å². The Labute approximate surface area is 186 Å². The largest absolute Gasteiger partial charge is 0.370 e. The number of rotatable bonds is 12. The molecule has 1 aromatic carbocycles. The number of amides is 3. The molecule has 0 aliphatic carbocycles. The Hall–Kier alpha value is -3.70. The molecule has 3 amide bonds. The number of carbonyl (C=O) groups excluding carboxylic acids is 3. The first-order valence-electron chi connectivity index (χ1n) is 10.2. The number of nitro benzene ring substituents is 1. The predicted octanol–water partition coefficient (Wildman–Crippen LogP) is -0.341. The highest BCUT2D eigenvalue weighted by Crippen LogP contribution is 2.16. The van der Waals surface area contributed by atoms with Crippen molar-refractivity contribution in [3.8, 4) is 0 Å². The third-order valence-electron chi connectivity index (χ3n) is 4.67. The standard InChI is InChI=1S/C20H31N7O5/c1-4-23-18(29)17(12-14-7-9-15(10-8-14)27(31)32)26(3)19(30)16(25-13(2)28)6-5-11-24-20(21)22/h7-10,16-17H,4-6,11-12H2,1-3H3,(H,23,29)(H,25,28)(H4,21,22,24)/t16-,17-/m0/s1. The zero-order valence-electron chi connectivity index (χ0n) is 18.5. The summed E-state index contributed by atoms with van der Waals surface area (Å²) in [4.78, 5) is 53.0. The molecule has 0 radical (unpaired) electrons. The Morgan fingerprint density at radius 1 is 1.22 bits per heavy atom. The smallest absolute Gasteiger partial charge is 0.269 e. The summed E-state index contributed by atoms with van der Waals surface area (Å²) < 4.78 is 0. The van der Waals surface area contributed by atoms with Gasteiger partial charge in [-0.05, 0) is 25.3 Å². The van der Waals surface area contributed by atoms with Crippen molar-refractivity contribution in [3.63, 3.8) is 0 Å². The van der Waals surface area contributed by atoms with E-state index in [1.807, 2.05) is 0 Å². The molecule has 0 aliphatic rings. The SMILES string of the molecule is CCNC(=O)[C@H](Cc1ccc([N+](=O)[O-])cc1)N(C)C(=O)[C@H](CCCN=C(N)N)NC(C)=O. The van der Waals surface area contributed by atoms with E-state index in [9.17, 15) is 24.5 Å². The van der Waals surface area contributed by atoms with Crippen molar-refractivity contribution in [1.82, 2.24) is 15.5 Å². The van der Waals surface area contributed by atoms with Gasteiger partial charge in [0, 0.05) is 45.6 Å². The Balaban J connectivity index is 3.05. The third-order valence-corrected chi connectivity index (χ3v) is 4.67. The van der Waals surface area contributed by atoms with E-state index in [1.165, 1.54) is 31.0 Å². The van der Waals surface area contributed by atoms with Gasteiger partial charge in [-0.25, -0.2) is 0 Å². The zero-order chi connectivity index (χ0) is 24.3. The highest BCUT2D eigenvalue weighted by atomic mass is 16.6. The van der Waals surface area contributed by atoms with Crippen LogP contribution in [-0.2, 0) is 20.8 Å². The van der Waals surface area contributed by atoms with Crippen LogP contribution in [0.1, 0.15) is 32.3 Å². The Morgan fingerprint density at radius 2 is 1.84 bits per heavy atom. The average molecular weight is 450 g/mol. The minimum absolute atomic E-state index is 0.0658. The molecule has 0 bridgehead atoms. The third kappa shape index (κ3) is 8.58. The van der Waals surface area contributed by atoms with Crippen molar-refractivity contribution < 1.29 is 19.3 Å². The van der Waals surface area contributed by atoms with Gasteiger partial charge in [0.15, 0.2) is 5.96 Å². The highest BCUT2D eigenvalue weighted by molar-refractivity contribution is 5.91. The first-order chi connectivity index (χ1) is 15.1.